The molecule has 2 aromatic rings. The van der Waals surface area contributed by atoms with Gasteiger partial charge in [-0.1, -0.05) is 6.07 Å². The molecule has 0 radical (unpaired) electrons. The molecule has 0 spiro atoms. The summed E-state index contributed by atoms with van der Waals surface area (Å²) in [5.41, 5.74) is 1.34. The standard InChI is InChI=1S/C15H12N2O5/c1-9-2-4-11(15(19)20)7-12(9)16-8-10-3-5-14(18)13(6-10)17(21)22/h2-8,18H,1H3,(H,19,20). The maximum absolute atomic E-state index is 10.9. The minimum Gasteiger partial charge on any atom is -0.502 e. The summed E-state index contributed by atoms with van der Waals surface area (Å²) < 4.78 is 0. The third-order valence-electron chi connectivity index (χ3n) is 3.00. The Kier molecular flexibility index (Phi) is 4.17. The Balaban J connectivity index is 2.36. The Morgan fingerprint density at radius 3 is 2.64 bits per heavy atom. The summed E-state index contributed by atoms with van der Waals surface area (Å²) >= 11 is 0. The number of nitrogens with zero attached hydrogens (tertiary/aromatic N) is 2. The van der Waals surface area contributed by atoms with E-state index in [0.717, 1.165) is 5.56 Å². The van der Waals surface area contributed by atoms with Crippen LogP contribution in [0.1, 0.15) is 21.5 Å². The van der Waals surface area contributed by atoms with Gasteiger partial charge < -0.3 is 10.2 Å². The number of aryl methyl sites for hydroxylation is 1. The van der Waals surface area contributed by atoms with Crippen molar-refractivity contribution in [2.75, 3.05) is 0 Å². The van der Waals surface area contributed by atoms with E-state index in [1.54, 1.807) is 13.0 Å². The van der Waals surface area contributed by atoms with Crippen LogP contribution in [0.2, 0.25) is 0 Å². The molecule has 2 N–H and O–H groups in total. The van der Waals surface area contributed by atoms with Crippen molar-refractivity contribution in [3.05, 3.63) is 63.2 Å². The summed E-state index contributed by atoms with van der Waals surface area (Å²) in [6, 6.07) is 8.40. The van der Waals surface area contributed by atoms with E-state index in [9.17, 15) is 20.0 Å². The average Bonchev–Trinajstić information content (AvgIpc) is 2.47. The Labute approximate surface area is 125 Å². The van der Waals surface area contributed by atoms with Crippen molar-refractivity contribution in [2.24, 2.45) is 4.99 Å². The van der Waals surface area contributed by atoms with Crippen LogP contribution in [-0.2, 0) is 0 Å². The lowest BCUT2D eigenvalue weighted by molar-refractivity contribution is -0.385. The minimum atomic E-state index is -1.06. The number of nitro groups is 1. The number of rotatable bonds is 4. The van der Waals surface area contributed by atoms with Gasteiger partial charge in [0.05, 0.1) is 16.2 Å². The van der Waals surface area contributed by atoms with Crippen molar-refractivity contribution in [1.82, 2.24) is 0 Å². The second-order valence-electron chi connectivity index (χ2n) is 4.57. The molecule has 0 aromatic heterocycles. The second-order valence-corrected chi connectivity index (χ2v) is 4.57. The van der Waals surface area contributed by atoms with Crippen molar-refractivity contribution < 1.29 is 19.9 Å². The van der Waals surface area contributed by atoms with Crippen LogP contribution in [0.15, 0.2) is 41.4 Å². The van der Waals surface area contributed by atoms with Gasteiger partial charge in [0.1, 0.15) is 0 Å². The Morgan fingerprint density at radius 1 is 1.27 bits per heavy atom. The molecule has 0 fully saturated rings. The molecule has 7 nitrogen and oxygen atoms in total. The number of nitro benzene ring substituents is 1. The highest BCUT2D eigenvalue weighted by Crippen LogP contribution is 2.26. The molecule has 7 heteroatoms. The molecule has 0 heterocycles. The third-order valence-corrected chi connectivity index (χ3v) is 3.00. The lowest BCUT2D eigenvalue weighted by atomic mass is 10.1. The molecule has 0 saturated carbocycles. The number of aromatic hydroxyl groups is 1. The number of aliphatic imine (C=N–C) groups is 1. The van der Waals surface area contributed by atoms with Gasteiger partial charge in [-0.05, 0) is 42.3 Å². The van der Waals surface area contributed by atoms with E-state index in [1.807, 2.05) is 0 Å². The van der Waals surface area contributed by atoms with Crippen LogP contribution in [0.25, 0.3) is 0 Å². The molecule has 0 bridgehead atoms. The van der Waals surface area contributed by atoms with Gasteiger partial charge in [-0.25, -0.2) is 4.79 Å². The summed E-state index contributed by atoms with van der Waals surface area (Å²) in [5.74, 6) is -1.48. The van der Waals surface area contributed by atoms with Gasteiger partial charge in [0.25, 0.3) is 0 Å². The summed E-state index contributed by atoms with van der Waals surface area (Å²) in [6.45, 7) is 1.78. The fraction of sp³-hybridized carbons (Fsp3) is 0.0667. The highest BCUT2D eigenvalue weighted by Gasteiger charge is 2.12. The maximum Gasteiger partial charge on any atom is 0.335 e. The zero-order chi connectivity index (χ0) is 16.3. The molecular formula is C15H12N2O5. The number of carbonyl (C=O) groups is 1. The predicted octanol–water partition coefficient (Wildman–Crippen LogP) is 3.06. The highest BCUT2D eigenvalue weighted by molar-refractivity contribution is 5.90. The van der Waals surface area contributed by atoms with E-state index < -0.39 is 22.3 Å². The highest BCUT2D eigenvalue weighted by atomic mass is 16.6. The van der Waals surface area contributed by atoms with Crippen molar-refractivity contribution in [2.45, 2.75) is 6.92 Å². The van der Waals surface area contributed by atoms with Crippen molar-refractivity contribution in [3.63, 3.8) is 0 Å². The van der Waals surface area contributed by atoms with Crippen molar-refractivity contribution in [3.8, 4) is 5.75 Å². The van der Waals surface area contributed by atoms with Crippen LogP contribution in [0.5, 0.6) is 5.75 Å². The lowest BCUT2D eigenvalue weighted by Crippen LogP contribution is -1.95. The monoisotopic (exact) mass is 300 g/mol. The van der Waals surface area contributed by atoms with Gasteiger partial charge in [0.2, 0.25) is 0 Å². The normalized spacial score (nSPS) is 10.8. The van der Waals surface area contributed by atoms with E-state index in [-0.39, 0.29) is 5.56 Å². The zero-order valence-electron chi connectivity index (χ0n) is 11.6. The van der Waals surface area contributed by atoms with Crippen LogP contribution in [0.3, 0.4) is 0 Å². The van der Waals surface area contributed by atoms with E-state index in [0.29, 0.717) is 11.3 Å². The average molecular weight is 300 g/mol. The molecule has 0 atom stereocenters. The number of phenolic OH excluding ortho intramolecular Hbond substituents is 1. The minimum absolute atomic E-state index is 0.106. The molecule has 112 valence electrons. The van der Waals surface area contributed by atoms with Crippen LogP contribution < -0.4 is 0 Å². The van der Waals surface area contributed by atoms with E-state index in [1.165, 1.54) is 36.5 Å². The second kappa shape index (κ2) is 6.04. The number of phenols is 1. The fourth-order valence-electron chi connectivity index (χ4n) is 1.79. The molecule has 0 aliphatic rings. The first-order chi connectivity index (χ1) is 10.4. The van der Waals surface area contributed by atoms with Crippen molar-refractivity contribution in [1.29, 1.82) is 0 Å². The number of benzene rings is 2. The van der Waals surface area contributed by atoms with Crippen molar-refractivity contribution >= 4 is 23.6 Å². The smallest absolute Gasteiger partial charge is 0.335 e. The third kappa shape index (κ3) is 3.26. The zero-order valence-corrected chi connectivity index (χ0v) is 11.6. The number of hydrogen-bond acceptors (Lipinski definition) is 5. The molecule has 2 rings (SSSR count). The Morgan fingerprint density at radius 2 is 2.00 bits per heavy atom. The van der Waals surface area contributed by atoms with Gasteiger partial charge >= 0.3 is 11.7 Å². The fourth-order valence-corrected chi connectivity index (χ4v) is 1.79. The number of hydrogen-bond donors (Lipinski definition) is 2. The topological polar surface area (TPSA) is 113 Å². The van der Waals surface area contributed by atoms with Gasteiger partial charge in [0, 0.05) is 12.3 Å². The summed E-state index contributed by atoms with van der Waals surface area (Å²) in [7, 11) is 0. The first-order valence-corrected chi connectivity index (χ1v) is 6.24. The molecule has 0 amide bonds. The SMILES string of the molecule is Cc1ccc(C(=O)O)cc1N=Cc1ccc(O)c([N+](=O)[O-])c1. The van der Waals surface area contributed by atoms with Crippen LogP contribution in [0, 0.1) is 17.0 Å². The van der Waals surface area contributed by atoms with Crippen LogP contribution >= 0.6 is 0 Å². The maximum atomic E-state index is 10.9. The molecular weight excluding hydrogens is 288 g/mol. The first kappa shape index (κ1) is 15.2. The van der Waals surface area contributed by atoms with Gasteiger partial charge in [-0.15, -0.1) is 0 Å². The predicted molar refractivity (Wildman–Crippen MR) is 80.2 cm³/mol. The first-order valence-electron chi connectivity index (χ1n) is 6.24. The van der Waals surface area contributed by atoms with E-state index in [2.05, 4.69) is 4.99 Å². The van der Waals surface area contributed by atoms with Gasteiger partial charge in [-0.2, -0.15) is 0 Å². The summed E-state index contributed by atoms with van der Waals surface area (Å²) in [6.07, 6.45) is 1.38. The largest absolute Gasteiger partial charge is 0.502 e. The Hall–Kier alpha value is -3.22. The van der Waals surface area contributed by atoms with Crippen LogP contribution in [0.4, 0.5) is 11.4 Å². The number of carboxylic acid groups (broad SMARTS) is 1. The summed E-state index contributed by atoms with van der Waals surface area (Å²) in [4.78, 5) is 25.2. The molecule has 2 aromatic carbocycles. The quantitative estimate of drug-likeness (QED) is 0.512. The van der Waals surface area contributed by atoms with E-state index in [4.69, 9.17) is 5.11 Å². The van der Waals surface area contributed by atoms with Crippen LogP contribution in [-0.4, -0.2) is 27.3 Å². The molecule has 0 saturated heterocycles. The molecule has 0 aliphatic carbocycles. The lowest BCUT2D eigenvalue weighted by Gasteiger charge is -2.02. The summed E-state index contributed by atoms with van der Waals surface area (Å²) in [5, 5.41) is 29.1. The van der Waals surface area contributed by atoms with Gasteiger partial charge in [-0.3, -0.25) is 15.1 Å². The number of aromatic carboxylic acids is 1. The van der Waals surface area contributed by atoms with E-state index >= 15 is 0 Å². The number of carboxylic acids is 1. The molecule has 0 unspecified atom stereocenters. The Bertz CT molecular complexity index is 783. The molecule has 0 aliphatic heterocycles. The van der Waals surface area contributed by atoms with Gasteiger partial charge in [0.15, 0.2) is 5.75 Å². The molecule has 22 heavy (non-hydrogen) atoms.